The fraction of sp³-hybridized carbons (Fsp3) is 0.222. The quantitative estimate of drug-likeness (QED) is 0.948. The molecule has 0 aliphatic carbocycles. The second-order valence-corrected chi connectivity index (χ2v) is 5.48. The average molecular weight is 310 g/mol. The van der Waals surface area contributed by atoms with Gasteiger partial charge in [0.15, 0.2) is 0 Å². The van der Waals surface area contributed by atoms with E-state index < -0.39 is 0 Å². The molecule has 1 aliphatic rings. The lowest BCUT2D eigenvalue weighted by Gasteiger charge is -2.26. The predicted octanol–water partition coefficient (Wildman–Crippen LogP) is 2.86. The van der Waals surface area contributed by atoms with Gasteiger partial charge in [0.05, 0.1) is 7.11 Å². The van der Waals surface area contributed by atoms with Gasteiger partial charge in [-0.15, -0.1) is 0 Å². The molecule has 0 bridgehead atoms. The van der Waals surface area contributed by atoms with Gasteiger partial charge >= 0.3 is 0 Å². The van der Waals surface area contributed by atoms with Crippen molar-refractivity contribution in [1.82, 2.24) is 0 Å². The number of aryl methyl sites for hydroxylation is 1. The molecule has 0 saturated heterocycles. The van der Waals surface area contributed by atoms with Crippen molar-refractivity contribution in [1.29, 1.82) is 0 Å². The topological polar surface area (TPSA) is 58.6 Å². The Morgan fingerprint density at radius 2 is 2.00 bits per heavy atom. The molecule has 2 aromatic carbocycles. The van der Waals surface area contributed by atoms with Crippen LogP contribution in [0.15, 0.2) is 42.5 Å². The summed E-state index contributed by atoms with van der Waals surface area (Å²) >= 11 is 0. The van der Waals surface area contributed by atoms with Crippen molar-refractivity contribution in [3.63, 3.8) is 0 Å². The van der Waals surface area contributed by atoms with Gasteiger partial charge < -0.3 is 15.0 Å². The van der Waals surface area contributed by atoms with Gasteiger partial charge in [-0.25, -0.2) is 0 Å². The first-order chi connectivity index (χ1) is 11.1. The molecule has 0 saturated carbocycles. The van der Waals surface area contributed by atoms with E-state index in [0.717, 1.165) is 16.9 Å². The predicted molar refractivity (Wildman–Crippen MR) is 89.1 cm³/mol. The minimum absolute atomic E-state index is 0.116. The molecule has 5 nitrogen and oxygen atoms in total. The van der Waals surface area contributed by atoms with Crippen molar-refractivity contribution in [2.45, 2.75) is 12.8 Å². The second kappa shape index (κ2) is 6.12. The summed E-state index contributed by atoms with van der Waals surface area (Å²) in [6.07, 6.45) is 1.19. The van der Waals surface area contributed by atoms with Crippen LogP contribution in [-0.2, 0) is 11.2 Å². The van der Waals surface area contributed by atoms with E-state index in [9.17, 15) is 9.59 Å². The number of hydrogen-bond acceptors (Lipinski definition) is 3. The molecule has 5 heteroatoms. The van der Waals surface area contributed by atoms with Crippen LogP contribution < -0.4 is 15.0 Å². The lowest BCUT2D eigenvalue weighted by atomic mass is 10.0. The number of anilines is 2. The number of fused-ring (bicyclic) bond motifs is 1. The first-order valence-electron chi connectivity index (χ1n) is 7.43. The molecular formula is C18H18N2O3. The van der Waals surface area contributed by atoms with E-state index in [1.54, 1.807) is 43.3 Å². The lowest BCUT2D eigenvalue weighted by molar-refractivity contribution is -0.118. The SMILES string of the molecule is COc1cccc(C(=O)Nc2ccc3c(c2)CCC(=O)N3C)c1. The molecule has 0 spiro atoms. The fourth-order valence-electron chi connectivity index (χ4n) is 2.70. The first-order valence-corrected chi connectivity index (χ1v) is 7.43. The third kappa shape index (κ3) is 3.04. The fourth-order valence-corrected chi connectivity index (χ4v) is 2.70. The maximum absolute atomic E-state index is 12.3. The van der Waals surface area contributed by atoms with Gasteiger partial charge in [-0.1, -0.05) is 6.07 Å². The van der Waals surface area contributed by atoms with Gasteiger partial charge in [-0.3, -0.25) is 9.59 Å². The number of nitrogens with zero attached hydrogens (tertiary/aromatic N) is 1. The van der Waals surface area contributed by atoms with E-state index in [1.807, 2.05) is 18.2 Å². The van der Waals surface area contributed by atoms with Crippen LogP contribution in [0.4, 0.5) is 11.4 Å². The number of rotatable bonds is 3. The van der Waals surface area contributed by atoms with Crippen LogP contribution in [0.2, 0.25) is 0 Å². The zero-order valence-electron chi connectivity index (χ0n) is 13.1. The molecule has 1 heterocycles. The van der Waals surface area contributed by atoms with Crippen LogP contribution in [0.3, 0.4) is 0 Å². The molecule has 1 aliphatic heterocycles. The maximum atomic E-state index is 12.3. The Bertz CT molecular complexity index is 771. The number of benzene rings is 2. The summed E-state index contributed by atoms with van der Waals surface area (Å²) in [6.45, 7) is 0. The molecule has 3 rings (SSSR count). The first kappa shape index (κ1) is 15.1. The molecule has 0 fully saturated rings. The molecule has 23 heavy (non-hydrogen) atoms. The molecule has 0 radical (unpaired) electrons. The summed E-state index contributed by atoms with van der Waals surface area (Å²) < 4.78 is 5.13. The second-order valence-electron chi connectivity index (χ2n) is 5.48. The summed E-state index contributed by atoms with van der Waals surface area (Å²) in [5.41, 5.74) is 3.23. The highest BCUT2D eigenvalue weighted by molar-refractivity contribution is 6.05. The third-order valence-corrected chi connectivity index (χ3v) is 4.01. The van der Waals surface area contributed by atoms with Crippen molar-refractivity contribution in [2.24, 2.45) is 0 Å². The van der Waals surface area contributed by atoms with Crippen LogP contribution in [0.25, 0.3) is 0 Å². The van der Waals surface area contributed by atoms with Gasteiger partial charge in [0.1, 0.15) is 5.75 Å². The van der Waals surface area contributed by atoms with Crippen molar-refractivity contribution in [3.05, 3.63) is 53.6 Å². The monoisotopic (exact) mass is 310 g/mol. The number of methoxy groups -OCH3 is 1. The van der Waals surface area contributed by atoms with Crippen LogP contribution in [0.5, 0.6) is 5.75 Å². The Morgan fingerprint density at radius 3 is 2.78 bits per heavy atom. The van der Waals surface area contributed by atoms with E-state index in [1.165, 1.54) is 0 Å². The van der Waals surface area contributed by atoms with Crippen molar-refractivity contribution in [2.75, 3.05) is 24.4 Å². The Labute approximate surface area is 134 Å². The molecule has 0 aromatic heterocycles. The van der Waals surface area contributed by atoms with Crippen molar-refractivity contribution < 1.29 is 14.3 Å². The van der Waals surface area contributed by atoms with Gasteiger partial charge in [-0.2, -0.15) is 0 Å². The maximum Gasteiger partial charge on any atom is 0.255 e. The molecule has 2 aromatic rings. The number of ether oxygens (including phenoxy) is 1. The van der Waals surface area contributed by atoms with Gasteiger partial charge in [0.2, 0.25) is 5.91 Å². The normalized spacial score (nSPS) is 13.5. The number of hydrogen-bond donors (Lipinski definition) is 1. The van der Waals surface area contributed by atoms with Gasteiger partial charge in [0, 0.05) is 30.4 Å². The Balaban J connectivity index is 1.80. The Morgan fingerprint density at radius 1 is 1.17 bits per heavy atom. The number of carbonyl (C=O) groups is 2. The van der Waals surface area contributed by atoms with Crippen molar-refractivity contribution >= 4 is 23.2 Å². The van der Waals surface area contributed by atoms with E-state index in [0.29, 0.717) is 24.2 Å². The summed E-state index contributed by atoms with van der Waals surface area (Å²) in [6, 6.07) is 12.6. The van der Waals surface area contributed by atoms with E-state index in [-0.39, 0.29) is 11.8 Å². The zero-order valence-corrected chi connectivity index (χ0v) is 13.1. The smallest absolute Gasteiger partial charge is 0.255 e. The number of carbonyl (C=O) groups excluding carboxylic acids is 2. The minimum Gasteiger partial charge on any atom is -0.497 e. The van der Waals surface area contributed by atoms with Gasteiger partial charge in [-0.05, 0) is 48.4 Å². The largest absolute Gasteiger partial charge is 0.497 e. The van der Waals surface area contributed by atoms with E-state index in [4.69, 9.17) is 4.74 Å². The molecule has 1 N–H and O–H groups in total. The van der Waals surface area contributed by atoms with Crippen LogP contribution in [0, 0.1) is 0 Å². The number of amides is 2. The Kier molecular flexibility index (Phi) is 4.02. The molecule has 2 amide bonds. The highest BCUT2D eigenvalue weighted by Gasteiger charge is 2.21. The van der Waals surface area contributed by atoms with Crippen LogP contribution in [0.1, 0.15) is 22.3 Å². The zero-order chi connectivity index (χ0) is 16.4. The minimum atomic E-state index is -0.191. The molecular weight excluding hydrogens is 292 g/mol. The standard InChI is InChI=1S/C18H18N2O3/c1-20-16-8-7-14(10-12(16)6-9-17(20)21)19-18(22)13-4-3-5-15(11-13)23-2/h3-5,7-8,10-11H,6,9H2,1-2H3,(H,19,22). The van der Waals surface area contributed by atoms with E-state index in [2.05, 4.69) is 5.32 Å². The van der Waals surface area contributed by atoms with Gasteiger partial charge in [0.25, 0.3) is 5.91 Å². The number of nitrogens with one attached hydrogen (secondary N) is 1. The van der Waals surface area contributed by atoms with Crippen LogP contribution in [-0.4, -0.2) is 26.0 Å². The average Bonchev–Trinajstić information content (AvgIpc) is 2.58. The third-order valence-electron chi connectivity index (χ3n) is 4.01. The molecule has 0 unspecified atom stereocenters. The summed E-state index contributed by atoms with van der Waals surface area (Å²) in [7, 11) is 3.34. The van der Waals surface area contributed by atoms with Crippen LogP contribution >= 0.6 is 0 Å². The van der Waals surface area contributed by atoms with E-state index >= 15 is 0 Å². The highest BCUT2D eigenvalue weighted by Crippen LogP contribution is 2.29. The Hall–Kier alpha value is -2.82. The van der Waals surface area contributed by atoms with Crippen molar-refractivity contribution in [3.8, 4) is 5.75 Å². The summed E-state index contributed by atoms with van der Waals surface area (Å²) in [5.74, 6) is 0.568. The molecule has 118 valence electrons. The summed E-state index contributed by atoms with van der Waals surface area (Å²) in [5, 5.41) is 2.89. The highest BCUT2D eigenvalue weighted by atomic mass is 16.5. The lowest BCUT2D eigenvalue weighted by Crippen LogP contribution is -2.31. The summed E-state index contributed by atoms with van der Waals surface area (Å²) in [4.78, 5) is 25.7. The molecule has 0 atom stereocenters.